The first-order valence-electron chi connectivity index (χ1n) is 11.3. The van der Waals surface area contributed by atoms with E-state index in [0.29, 0.717) is 11.4 Å². The first kappa shape index (κ1) is 21.9. The zero-order valence-corrected chi connectivity index (χ0v) is 19.0. The summed E-state index contributed by atoms with van der Waals surface area (Å²) in [6, 6.07) is 30.7. The molecule has 4 aromatic carbocycles. The summed E-state index contributed by atoms with van der Waals surface area (Å²) in [6.45, 7) is 0. The van der Waals surface area contributed by atoms with Crippen molar-refractivity contribution in [1.29, 1.82) is 0 Å². The SMILES string of the molecule is Nc1ccc(Oc2ccc(C3=C(c4ccc(Oc5ccc(N)cc5)cc4)NC=CC=C3)cc2)cc1. The van der Waals surface area contributed by atoms with E-state index in [0.717, 1.165) is 45.4 Å². The summed E-state index contributed by atoms with van der Waals surface area (Å²) in [6.07, 6.45) is 8.02. The van der Waals surface area contributed by atoms with Gasteiger partial charge in [0, 0.05) is 23.1 Å². The molecule has 5 heteroatoms. The average Bonchev–Trinajstić information content (AvgIpc) is 3.14. The summed E-state index contributed by atoms with van der Waals surface area (Å²) < 4.78 is 11.9. The predicted octanol–water partition coefficient (Wildman–Crippen LogP) is 6.98. The fourth-order valence-electron chi connectivity index (χ4n) is 3.72. The van der Waals surface area contributed by atoms with Gasteiger partial charge in [0.1, 0.15) is 23.0 Å². The Labute approximate surface area is 204 Å². The lowest BCUT2D eigenvalue weighted by Gasteiger charge is -2.14. The average molecular weight is 460 g/mol. The Hall–Kier alpha value is -4.90. The highest BCUT2D eigenvalue weighted by Crippen LogP contribution is 2.31. The Morgan fingerprint density at radius 1 is 0.486 bits per heavy atom. The first-order valence-corrected chi connectivity index (χ1v) is 11.3. The number of nitrogen functional groups attached to an aromatic ring is 2. The van der Waals surface area contributed by atoms with Gasteiger partial charge in [-0.3, -0.25) is 0 Å². The van der Waals surface area contributed by atoms with Gasteiger partial charge in [0.2, 0.25) is 0 Å². The molecule has 4 aromatic rings. The summed E-state index contributed by atoms with van der Waals surface area (Å²) >= 11 is 0. The lowest BCUT2D eigenvalue weighted by Crippen LogP contribution is -2.05. The van der Waals surface area contributed by atoms with E-state index in [9.17, 15) is 0 Å². The van der Waals surface area contributed by atoms with Crippen molar-refractivity contribution >= 4 is 22.6 Å². The van der Waals surface area contributed by atoms with Crippen LogP contribution in [0.15, 0.2) is 121 Å². The molecule has 0 bridgehead atoms. The van der Waals surface area contributed by atoms with Crippen molar-refractivity contribution in [3.63, 3.8) is 0 Å². The first-order chi connectivity index (χ1) is 17.1. The van der Waals surface area contributed by atoms with Gasteiger partial charge in [-0.2, -0.15) is 0 Å². The van der Waals surface area contributed by atoms with E-state index in [1.807, 2.05) is 103 Å². The molecule has 0 fully saturated rings. The van der Waals surface area contributed by atoms with Gasteiger partial charge in [0.25, 0.3) is 0 Å². The lowest BCUT2D eigenvalue weighted by atomic mass is 9.99. The second kappa shape index (κ2) is 9.93. The molecule has 0 amide bonds. The van der Waals surface area contributed by atoms with E-state index >= 15 is 0 Å². The van der Waals surface area contributed by atoms with Crippen LogP contribution in [0.5, 0.6) is 23.0 Å². The highest BCUT2D eigenvalue weighted by molar-refractivity contribution is 5.95. The molecule has 5 rings (SSSR count). The van der Waals surface area contributed by atoms with Crippen molar-refractivity contribution in [1.82, 2.24) is 5.32 Å². The molecule has 0 radical (unpaired) electrons. The molecule has 1 heterocycles. The molecule has 0 aliphatic carbocycles. The zero-order valence-electron chi connectivity index (χ0n) is 19.0. The standard InChI is InChI=1S/C30H25N3O2/c31-23-8-16-27(17-9-23)34-25-12-4-21(5-13-25)29-3-1-2-20-33-30(29)22-6-14-26(15-7-22)35-28-18-10-24(32)11-19-28/h1-20,33H,31-32H2. The lowest BCUT2D eigenvalue weighted by molar-refractivity contribution is 0.482. The number of benzene rings is 4. The monoisotopic (exact) mass is 459 g/mol. The van der Waals surface area contributed by atoms with E-state index in [4.69, 9.17) is 20.9 Å². The second-order valence-corrected chi connectivity index (χ2v) is 8.04. The van der Waals surface area contributed by atoms with Crippen LogP contribution < -0.4 is 26.3 Å². The van der Waals surface area contributed by atoms with Crippen molar-refractivity contribution in [3.05, 3.63) is 133 Å². The molecular weight excluding hydrogens is 434 g/mol. The van der Waals surface area contributed by atoms with Gasteiger partial charge in [-0.15, -0.1) is 0 Å². The van der Waals surface area contributed by atoms with Gasteiger partial charge < -0.3 is 26.3 Å². The molecule has 0 spiro atoms. The normalized spacial score (nSPS) is 12.7. The van der Waals surface area contributed by atoms with Crippen molar-refractivity contribution in [2.45, 2.75) is 0 Å². The van der Waals surface area contributed by atoms with E-state index in [2.05, 4.69) is 23.5 Å². The summed E-state index contributed by atoms with van der Waals surface area (Å²) in [5.41, 5.74) is 17.1. The molecule has 1 aliphatic heterocycles. The van der Waals surface area contributed by atoms with Crippen molar-refractivity contribution in [3.8, 4) is 23.0 Å². The molecule has 0 aromatic heterocycles. The van der Waals surface area contributed by atoms with Crippen molar-refractivity contribution in [2.24, 2.45) is 0 Å². The fourth-order valence-corrected chi connectivity index (χ4v) is 3.72. The Bertz CT molecular complexity index is 1380. The van der Waals surface area contributed by atoms with E-state index in [1.54, 1.807) is 0 Å². The topological polar surface area (TPSA) is 82.5 Å². The minimum absolute atomic E-state index is 0.706. The Morgan fingerprint density at radius 3 is 1.40 bits per heavy atom. The molecule has 0 saturated carbocycles. The molecule has 172 valence electrons. The van der Waals surface area contributed by atoms with Gasteiger partial charge in [-0.05, 0) is 102 Å². The summed E-state index contributed by atoms with van der Waals surface area (Å²) in [7, 11) is 0. The largest absolute Gasteiger partial charge is 0.457 e. The van der Waals surface area contributed by atoms with Gasteiger partial charge in [-0.25, -0.2) is 0 Å². The zero-order chi connectivity index (χ0) is 24.0. The summed E-state index contributed by atoms with van der Waals surface area (Å²) in [5, 5.41) is 3.42. The molecule has 5 N–H and O–H groups in total. The number of anilines is 2. The second-order valence-electron chi connectivity index (χ2n) is 8.04. The number of nitrogens with two attached hydrogens (primary N) is 2. The molecule has 5 nitrogen and oxygen atoms in total. The van der Waals surface area contributed by atoms with Crippen molar-refractivity contribution < 1.29 is 9.47 Å². The van der Waals surface area contributed by atoms with Crippen LogP contribution in [0.4, 0.5) is 11.4 Å². The third-order valence-electron chi connectivity index (χ3n) is 5.51. The Kier molecular flexibility index (Phi) is 6.22. The van der Waals surface area contributed by atoms with Crippen LogP contribution in [-0.4, -0.2) is 0 Å². The van der Waals surface area contributed by atoms with E-state index in [-0.39, 0.29) is 0 Å². The fraction of sp³-hybridized carbons (Fsp3) is 0. The summed E-state index contributed by atoms with van der Waals surface area (Å²) in [4.78, 5) is 0. The van der Waals surface area contributed by atoms with Crippen LogP contribution in [-0.2, 0) is 0 Å². The van der Waals surface area contributed by atoms with Gasteiger partial charge >= 0.3 is 0 Å². The van der Waals surface area contributed by atoms with Gasteiger partial charge in [0.15, 0.2) is 0 Å². The molecule has 0 unspecified atom stereocenters. The summed E-state index contributed by atoms with van der Waals surface area (Å²) in [5.74, 6) is 3.00. The quantitative estimate of drug-likeness (QED) is 0.271. The van der Waals surface area contributed by atoms with Crippen LogP contribution >= 0.6 is 0 Å². The number of hydrogen-bond donors (Lipinski definition) is 3. The molecular formula is C30H25N3O2. The predicted molar refractivity (Wildman–Crippen MR) is 143 cm³/mol. The molecule has 35 heavy (non-hydrogen) atoms. The van der Waals surface area contributed by atoms with Gasteiger partial charge in [-0.1, -0.05) is 24.3 Å². The van der Waals surface area contributed by atoms with Crippen LogP contribution in [0.25, 0.3) is 11.3 Å². The van der Waals surface area contributed by atoms with Gasteiger partial charge in [0.05, 0.1) is 5.70 Å². The smallest absolute Gasteiger partial charge is 0.127 e. The number of ether oxygens (including phenoxy) is 2. The number of nitrogens with one attached hydrogen (secondary N) is 1. The highest BCUT2D eigenvalue weighted by Gasteiger charge is 2.11. The molecule has 0 atom stereocenters. The maximum atomic E-state index is 5.94. The van der Waals surface area contributed by atoms with Crippen LogP contribution in [0, 0.1) is 0 Å². The maximum Gasteiger partial charge on any atom is 0.127 e. The minimum atomic E-state index is 0.706. The third kappa shape index (κ3) is 5.37. The van der Waals surface area contributed by atoms with E-state index < -0.39 is 0 Å². The number of hydrogen-bond acceptors (Lipinski definition) is 5. The highest BCUT2D eigenvalue weighted by atomic mass is 16.5. The maximum absolute atomic E-state index is 5.94. The molecule has 0 saturated heterocycles. The molecule has 1 aliphatic rings. The minimum Gasteiger partial charge on any atom is -0.457 e. The number of rotatable bonds is 6. The van der Waals surface area contributed by atoms with Crippen molar-refractivity contribution in [2.75, 3.05) is 11.5 Å². The van der Waals surface area contributed by atoms with Crippen LogP contribution in [0.3, 0.4) is 0 Å². The van der Waals surface area contributed by atoms with Crippen LogP contribution in [0.1, 0.15) is 11.1 Å². The Balaban J connectivity index is 1.39. The van der Waals surface area contributed by atoms with Crippen LogP contribution in [0.2, 0.25) is 0 Å². The number of allylic oxidation sites excluding steroid dienone is 4. The Morgan fingerprint density at radius 2 is 0.914 bits per heavy atom. The van der Waals surface area contributed by atoms with E-state index in [1.165, 1.54) is 0 Å². The third-order valence-corrected chi connectivity index (χ3v) is 5.51.